The largest absolute Gasteiger partial charge is 0.390 e. The number of aryl methyl sites for hydroxylation is 1. The summed E-state index contributed by atoms with van der Waals surface area (Å²) >= 11 is 0. The first-order valence-corrected chi connectivity index (χ1v) is 6.68. The first kappa shape index (κ1) is 12.6. The molecule has 1 aliphatic rings. The van der Waals surface area contributed by atoms with Crippen molar-refractivity contribution in [2.45, 2.75) is 58.6 Å². The van der Waals surface area contributed by atoms with Crippen LogP contribution in [0, 0.1) is 11.8 Å². The Morgan fingerprint density at radius 1 is 1.59 bits per heavy atom. The molecule has 2 rings (SSSR count). The minimum absolute atomic E-state index is 0.154. The highest BCUT2D eigenvalue weighted by Crippen LogP contribution is 2.43. The van der Waals surface area contributed by atoms with E-state index in [0.717, 1.165) is 25.2 Å². The van der Waals surface area contributed by atoms with Crippen LogP contribution in [0.3, 0.4) is 0 Å². The van der Waals surface area contributed by atoms with E-state index in [9.17, 15) is 5.11 Å². The number of nitrogens with zero attached hydrogens (tertiary/aromatic N) is 2. The van der Waals surface area contributed by atoms with Crippen molar-refractivity contribution in [3.63, 3.8) is 0 Å². The fourth-order valence-electron chi connectivity index (χ4n) is 3.19. The van der Waals surface area contributed by atoms with Crippen LogP contribution >= 0.6 is 0 Å². The average molecular weight is 236 g/mol. The van der Waals surface area contributed by atoms with E-state index in [1.54, 1.807) is 0 Å². The molecule has 0 saturated heterocycles. The zero-order valence-electron chi connectivity index (χ0n) is 11.3. The summed E-state index contributed by atoms with van der Waals surface area (Å²) in [5, 5.41) is 10.5. The molecule has 1 aromatic rings. The molecule has 17 heavy (non-hydrogen) atoms. The number of rotatable bonds is 3. The summed E-state index contributed by atoms with van der Waals surface area (Å²) in [6, 6.07) is 0. The van der Waals surface area contributed by atoms with Gasteiger partial charge in [0.25, 0.3) is 0 Å². The number of hydrogen-bond acceptors (Lipinski definition) is 2. The van der Waals surface area contributed by atoms with Crippen molar-refractivity contribution in [2.24, 2.45) is 11.8 Å². The van der Waals surface area contributed by atoms with Gasteiger partial charge in [0.2, 0.25) is 0 Å². The van der Waals surface area contributed by atoms with Crippen LogP contribution in [0.5, 0.6) is 0 Å². The van der Waals surface area contributed by atoms with E-state index in [1.807, 2.05) is 26.2 Å². The lowest BCUT2D eigenvalue weighted by Gasteiger charge is -2.41. The SMILES string of the molecule is CCC(C)C1CCn2ccnc2C1C(C)(C)O. The summed E-state index contributed by atoms with van der Waals surface area (Å²) in [7, 11) is 0. The van der Waals surface area contributed by atoms with Crippen LogP contribution in [0.4, 0.5) is 0 Å². The van der Waals surface area contributed by atoms with E-state index >= 15 is 0 Å². The van der Waals surface area contributed by atoms with Crippen LogP contribution in [0.1, 0.15) is 52.3 Å². The maximum atomic E-state index is 10.5. The van der Waals surface area contributed by atoms with Gasteiger partial charge in [0.05, 0.1) is 5.60 Å². The van der Waals surface area contributed by atoms with Gasteiger partial charge in [-0.3, -0.25) is 0 Å². The van der Waals surface area contributed by atoms with Crippen LogP contribution in [0.15, 0.2) is 12.4 Å². The minimum Gasteiger partial charge on any atom is -0.390 e. The molecule has 0 fully saturated rings. The van der Waals surface area contributed by atoms with Crippen molar-refractivity contribution in [1.82, 2.24) is 9.55 Å². The smallest absolute Gasteiger partial charge is 0.114 e. The molecule has 0 radical (unpaired) electrons. The number of hydrogen-bond donors (Lipinski definition) is 1. The first-order chi connectivity index (χ1) is 7.95. The van der Waals surface area contributed by atoms with E-state index in [1.165, 1.54) is 0 Å². The Hall–Kier alpha value is -0.830. The van der Waals surface area contributed by atoms with Gasteiger partial charge < -0.3 is 9.67 Å². The van der Waals surface area contributed by atoms with Crippen molar-refractivity contribution in [2.75, 3.05) is 0 Å². The van der Waals surface area contributed by atoms with Crippen LogP contribution in [0.2, 0.25) is 0 Å². The molecule has 3 heteroatoms. The number of imidazole rings is 1. The lowest BCUT2D eigenvalue weighted by atomic mass is 9.70. The van der Waals surface area contributed by atoms with Gasteiger partial charge >= 0.3 is 0 Å². The zero-order valence-corrected chi connectivity index (χ0v) is 11.3. The van der Waals surface area contributed by atoms with E-state index in [-0.39, 0.29) is 5.92 Å². The van der Waals surface area contributed by atoms with E-state index in [2.05, 4.69) is 23.4 Å². The Labute approximate surface area is 104 Å². The topological polar surface area (TPSA) is 38.0 Å². The predicted molar refractivity (Wildman–Crippen MR) is 68.8 cm³/mol. The molecule has 0 spiro atoms. The second kappa shape index (κ2) is 4.45. The van der Waals surface area contributed by atoms with Gasteiger partial charge in [-0.15, -0.1) is 0 Å². The van der Waals surface area contributed by atoms with Crippen LogP contribution < -0.4 is 0 Å². The molecule has 1 aromatic heterocycles. The molecule has 3 unspecified atom stereocenters. The van der Waals surface area contributed by atoms with Crippen LogP contribution in [-0.2, 0) is 6.54 Å². The highest BCUT2D eigenvalue weighted by atomic mass is 16.3. The molecule has 0 saturated carbocycles. The van der Waals surface area contributed by atoms with Gasteiger partial charge in [0.1, 0.15) is 5.82 Å². The summed E-state index contributed by atoms with van der Waals surface area (Å²) in [4.78, 5) is 4.47. The van der Waals surface area contributed by atoms with E-state index in [0.29, 0.717) is 11.8 Å². The minimum atomic E-state index is -0.697. The molecule has 96 valence electrons. The molecular weight excluding hydrogens is 212 g/mol. The Balaban J connectivity index is 2.38. The van der Waals surface area contributed by atoms with E-state index < -0.39 is 5.60 Å². The van der Waals surface area contributed by atoms with Gasteiger partial charge in [-0.2, -0.15) is 0 Å². The molecule has 0 aromatic carbocycles. The maximum absolute atomic E-state index is 10.5. The highest BCUT2D eigenvalue weighted by molar-refractivity contribution is 5.12. The van der Waals surface area contributed by atoms with Crippen molar-refractivity contribution in [3.8, 4) is 0 Å². The van der Waals surface area contributed by atoms with Crippen molar-refractivity contribution >= 4 is 0 Å². The summed E-state index contributed by atoms with van der Waals surface area (Å²) in [6.07, 6.45) is 6.19. The number of aliphatic hydroxyl groups is 1. The van der Waals surface area contributed by atoms with Gasteiger partial charge in [0.15, 0.2) is 0 Å². The summed E-state index contributed by atoms with van der Waals surface area (Å²) in [5.74, 6) is 2.39. The molecule has 1 aliphatic heterocycles. The summed E-state index contributed by atoms with van der Waals surface area (Å²) in [6.45, 7) is 9.39. The third kappa shape index (κ3) is 2.25. The lowest BCUT2D eigenvalue weighted by molar-refractivity contribution is 0.000402. The third-order valence-electron chi connectivity index (χ3n) is 4.29. The van der Waals surface area contributed by atoms with Crippen molar-refractivity contribution in [1.29, 1.82) is 0 Å². The second-order valence-electron chi connectivity index (χ2n) is 5.95. The molecule has 0 amide bonds. The van der Waals surface area contributed by atoms with Gasteiger partial charge in [0, 0.05) is 24.9 Å². The van der Waals surface area contributed by atoms with E-state index in [4.69, 9.17) is 0 Å². The third-order valence-corrected chi connectivity index (χ3v) is 4.29. The lowest BCUT2D eigenvalue weighted by Crippen LogP contribution is -2.41. The Morgan fingerprint density at radius 3 is 2.88 bits per heavy atom. The Bertz CT molecular complexity index is 378. The molecule has 3 nitrogen and oxygen atoms in total. The second-order valence-corrected chi connectivity index (χ2v) is 5.95. The predicted octanol–water partition coefficient (Wildman–Crippen LogP) is 2.80. The molecule has 2 heterocycles. The van der Waals surface area contributed by atoms with Gasteiger partial charge in [-0.1, -0.05) is 20.3 Å². The Morgan fingerprint density at radius 2 is 2.29 bits per heavy atom. The summed E-state index contributed by atoms with van der Waals surface area (Å²) in [5.41, 5.74) is -0.697. The number of aromatic nitrogens is 2. The van der Waals surface area contributed by atoms with Crippen LogP contribution in [-0.4, -0.2) is 20.3 Å². The monoisotopic (exact) mass is 236 g/mol. The van der Waals surface area contributed by atoms with Crippen molar-refractivity contribution < 1.29 is 5.11 Å². The summed E-state index contributed by atoms with van der Waals surface area (Å²) < 4.78 is 2.20. The Kier molecular flexibility index (Phi) is 3.30. The fraction of sp³-hybridized carbons (Fsp3) is 0.786. The standard InChI is InChI=1S/C14H24N2O/c1-5-10(2)11-6-8-16-9-7-15-13(16)12(11)14(3,4)17/h7,9-12,17H,5-6,8H2,1-4H3. The van der Waals surface area contributed by atoms with Gasteiger partial charge in [-0.05, 0) is 32.1 Å². The van der Waals surface area contributed by atoms with Gasteiger partial charge in [-0.25, -0.2) is 4.98 Å². The molecule has 3 atom stereocenters. The van der Waals surface area contributed by atoms with Crippen molar-refractivity contribution in [3.05, 3.63) is 18.2 Å². The first-order valence-electron chi connectivity index (χ1n) is 6.68. The fourth-order valence-corrected chi connectivity index (χ4v) is 3.19. The molecule has 0 bridgehead atoms. The molecular formula is C14H24N2O. The molecule has 0 aliphatic carbocycles. The normalized spacial score (nSPS) is 26.6. The molecule has 1 N–H and O–H groups in total. The number of fused-ring (bicyclic) bond motifs is 1. The average Bonchev–Trinajstić information content (AvgIpc) is 2.72. The zero-order chi connectivity index (χ0) is 12.6. The van der Waals surface area contributed by atoms with Crippen LogP contribution in [0.25, 0.3) is 0 Å². The maximum Gasteiger partial charge on any atom is 0.114 e. The quantitative estimate of drug-likeness (QED) is 0.876. The highest BCUT2D eigenvalue weighted by Gasteiger charge is 2.42.